The molecule has 142 valence electrons. The molecule has 0 bridgehead atoms. The standard InChI is InChI=1S/C20H22ClFN4O/c1-24(2)9-10-25(3)19(27)13-26-8-4-5-15-12-18(23-20(15)26)14-6-7-17(22)16(21)11-14/h4-8,11-12H,9-10,13H2,1-3H3. The minimum absolute atomic E-state index is 0.0173. The van der Waals surface area contributed by atoms with E-state index in [1.807, 2.05) is 48.0 Å². The van der Waals surface area contributed by atoms with Crippen molar-refractivity contribution in [1.82, 2.24) is 19.4 Å². The number of aromatic nitrogens is 2. The van der Waals surface area contributed by atoms with Gasteiger partial charge in [0.15, 0.2) is 0 Å². The fourth-order valence-corrected chi connectivity index (χ4v) is 2.95. The quantitative estimate of drug-likeness (QED) is 0.649. The van der Waals surface area contributed by atoms with Gasteiger partial charge in [0.1, 0.15) is 18.2 Å². The highest BCUT2D eigenvalue weighted by molar-refractivity contribution is 6.31. The predicted molar refractivity (Wildman–Crippen MR) is 105 cm³/mol. The molecule has 7 heteroatoms. The van der Waals surface area contributed by atoms with Crippen molar-refractivity contribution in [3.63, 3.8) is 0 Å². The molecule has 27 heavy (non-hydrogen) atoms. The van der Waals surface area contributed by atoms with Crippen LogP contribution in [0.15, 0.2) is 42.6 Å². The van der Waals surface area contributed by atoms with Gasteiger partial charge in [0.2, 0.25) is 5.91 Å². The summed E-state index contributed by atoms with van der Waals surface area (Å²) in [6.45, 7) is 1.68. The average molecular weight is 389 g/mol. The summed E-state index contributed by atoms with van der Waals surface area (Å²) in [6.07, 6.45) is 1.84. The van der Waals surface area contributed by atoms with E-state index in [1.165, 1.54) is 6.07 Å². The number of likely N-dealkylation sites (N-methyl/N-ethyl adjacent to an activating group) is 2. The molecule has 0 radical (unpaired) electrons. The topological polar surface area (TPSA) is 41.4 Å². The van der Waals surface area contributed by atoms with Gasteiger partial charge < -0.3 is 14.4 Å². The number of nitrogens with zero attached hydrogens (tertiary/aromatic N) is 4. The molecule has 0 atom stereocenters. The van der Waals surface area contributed by atoms with Crippen LogP contribution >= 0.6 is 11.6 Å². The monoisotopic (exact) mass is 388 g/mol. The van der Waals surface area contributed by atoms with E-state index in [-0.39, 0.29) is 17.5 Å². The predicted octanol–water partition coefficient (Wildman–Crippen LogP) is 3.47. The van der Waals surface area contributed by atoms with Gasteiger partial charge in [0.05, 0.1) is 10.7 Å². The Morgan fingerprint density at radius 3 is 2.63 bits per heavy atom. The van der Waals surface area contributed by atoms with Crippen molar-refractivity contribution in [3.8, 4) is 22.6 Å². The lowest BCUT2D eigenvalue weighted by molar-refractivity contribution is -0.130. The molecule has 0 spiro atoms. The third-order valence-electron chi connectivity index (χ3n) is 4.42. The molecule has 3 rings (SSSR count). The van der Waals surface area contributed by atoms with E-state index in [4.69, 9.17) is 11.6 Å². The van der Waals surface area contributed by atoms with Crippen molar-refractivity contribution >= 4 is 17.5 Å². The lowest BCUT2D eigenvalue weighted by Gasteiger charge is -2.21. The van der Waals surface area contributed by atoms with Gasteiger partial charge in [-0.15, -0.1) is 0 Å². The molecule has 1 aromatic carbocycles. The van der Waals surface area contributed by atoms with Crippen LogP contribution < -0.4 is 0 Å². The summed E-state index contributed by atoms with van der Waals surface area (Å²) in [5.41, 5.74) is 2.34. The van der Waals surface area contributed by atoms with Crippen LogP contribution in [0.25, 0.3) is 22.6 Å². The Labute approximate surface area is 163 Å². The van der Waals surface area contributed by atoms with E-state index in [1.54, 1.807) is 24.1 Å². The van der Waals surface area contributed by atoms with Crippen LogP contribution in [0.3, 0.4) is 0 Å². The number of pyridine rings is 1. The van der Waals surface area contributed by atoms with E-state index in [2.05, 4.69) is 4.98 Å². The summed E-state index contributed by atoms with van der Waals surface area (Å²) in [5.74, 6) is 0.268. The Bertz CT molecular complexity index is 924. The molecule has 0 aromatic heterocycles. The van der Waals surface area contributed by atoms with Gasteiger partial charge in [-0.2, -0.15) is 0 Å². The molecule has 0 N–H and O–H groups in total. The van der Waals surface area contributed by atoms with E-state index in [0.29, 0.717) is 18.1 Å². The maximum Gasteiger partial charge on any atom is 0.242 e. The zero-order chi connectivity index (χ0) is 19.6. The van der Waals surface area contributed by atoms with E-state index >= 15 is 0 Å². The van der Waals surface area contributed by atoms with Crippen LogP contribution in [0.5, 0.6) is 0 Å². The van der Waals surface area contributed by atoms with Crippen molar-refractivity contribution in [2.45, 2.75) is 6.54 Å². The summed E-state index contributed by atoms with van der Waals surface area (Å²) < 4.78 is 15.2. The summed E-state index contributed by atoms with van der Waals surface area (Å²) in [6, 6.07) is 10.3. The molecule has 0 unspecified atom stereocenters. The number of amides is 1. The SMILES string of the molecule is CN(C)CCN(C)C(=O)Cn1cccc2cc(-c3ccc(F)c(Cl)c3)nc1-2. The van der Waals surface area contributed by atoms with Crippen molar-refractivity contribution in [1.29, 1.82) is 0 Å². The Balaban J connectivity index is 1.84. The van der Waals surface area contributed by atoms with Crippen LogP contribution in [0, 0.1) is 5.82 Å². The normalized spacial score (nSPS) is 11.3. The summed E-state index contributed by atoms with van der Waals surface area (Å²) in [4.78, 5) is 20.9. The number of hydrogen-bond donors (Lipinski definition) is 0. The Morgan fingerprint density at radius 1 is 1.15 bits per heavy atom. The summed E-state index contributed by atoms with van der Waals surface area (Å²) in [5, 5.41) is 0.0603. The zero-order valence-corrected chi connectivity index (χ0v) is 16.4. The molecule has 0 fully saturated rings. The van der Waals surface area contributed by atoms with Gasteiger partial charge in [-0.3, -0.25) is 4.79 Å². The van der Waals surface area contributed by atoms with E-state index in [9.17, 15) is 9.18 Å². The number of halogens is 2. The molecular weight excluding hydrogens is 367 g/mol. The molecule has 0 aliphatic carbocycles. The Kier molecular flexibility index (Phi) is 5.77. The van der Waals surface area contributed by atoms with Crippen LogP contribution in [-0.4, -0.2) is 59.5 Å². The number of carbonyl (C=O) groups is 1. The maximum atomic E-state index is 13.4. The van der Waals surface area contributed by atoms with Crippen LogP contribution in [0.1, 0.15) is 0 Å². The third-order valence-corrected chi connectivity index (χ3v) is 4.71. The summed E-state index contributed by atoms with van der Waals surface area (Å²) in [7, 11) is 5.76. The largest absolute Gasteiger partial charge is 0.343 e. The second-order valence-corrected chi connectivity index (χ2v) is 7.21. The van der Waals surface area contributed by atoms with Gasteiger partial charge in [-0.1, -0.05) is 11.6 Å². The van der Waals surface area contributed by atoms with Crippen LogP contribution in [0.4, 0.5) is 4.39 Å². The zero-order valence-electron chi connectivity index (χ0n) is 15.6. The van der Waals surface area contributed by atoms with Gasteiger partial charge in [0, 0.05) is 37.5 Å². The summed E-state index contributed by atoms with van der Waals surface area (Å²) >= 11 is 5.89. The van der Waals surface area contributed by atoms with E-state index < -0.39 is 5.82 Å². The Morgan fingerprint density at radius 2 is 1.93 bits per heavy atom. The smallest absolute Gasteiger partial charge is 0.242 e. The van der Waals surface area contributed by atoms with Gasteiger partial charge >= 0.3 is 0 Å². The minimum atomic E-state index is -0.460. The maximum absolute atomic E-state index is 13.4. The van der Waals surface area contributed by atoms with Crippen molar-refractivity contribution in [2.75, 3.05) is 34.2 Å². The van der Waals surface area contributed by atoms with Crippen LogP contribution in [-0.2, 0) is 11.3 Å². The second kappa shape index (κ2) is 8.06. The molecule has 2 aliphatic rings. The minimum Gasteiger partial charge on any atom is -0.343 e. The van der Waals surface area contributed by atoms with Crippen molar-refractivity contribution < 1.29 is 9.18 Å². The molecular formula is C20H22ClFN4O. The number of fused-ring (bicyclic) bond motifs is 1. The lowest BCUT2D eigenvalue weighted by atomic mass is 10.1. The first kappa shape index (κ1) is 19.3. The van der Waals surface area contributed by atoms with Crippen LogP contribution in [0.2, 0.25) is 5.02 Å². The highest BCUT2D eigenvalue weighted by Gasteiger charge is 2.17. The van der Waals surface area contributed by atoms with Crippen molar-refractivity contribution in [3.05, 3.63) is 53.4 Å². The molecule has 1 amide bonds. The lowest BCUT2D eigenvalue weighted by Crippen LogP contribution is -2.35. The number of rotatable bonds is 6. The molecule has 0 saturated heterocycles. The molecule has 2 aliphatic heterocycles. The molecule has 5 nitrogen and oxygen atoms in total. The highest BCUT2D eigenvalue weighted by atomic mass is 35.5. The van der Waals surface area contributed by atoms with E-state index in [0.717, 1.165) is 17.7 Å². The number of carbonyl (C=O) groups excluding carboxylic acids is 1. The van der Waals surface area contributed by atoms with Gasteiger partial charge in [-0.05, 0) is 50.5 Å². The number of benzene rings is 1. The molecule has 2 heterocycles. The fourth-order valence-electron chi connectivity index (χ4n) is 2.77. The third kappa shape index (κ3) is 4.46. The van der Waals surface area contributed by atoms with Gasteiger partial charge in [0.25, 0.3) is 0 Å². The number of hydrogen-bond acceptors (Lipinski definition) is 3. The Hall–Kier alpha value is -2.44. The second-order valence-electron chi connectivity index (χ2n) is 6.80. The molecule has 0 saturated carbocycles. The first-order valence-corrected chi connectivity index (χ1v) is 9.03. The highest BCUT2D eigenvalue weighted by Crippen LogP contribution is 2.30. The first-order chi connectivity index (χ1) is 12.8. The molecule has 1 aromatic rings. The van der Waals surface area contributed by atoms with Gasteiger partial charge in [-0.25, -0.2) is 9.37 Å². The average Bonchev–Trinajstić information content (AvgIpc) is 3.07. The fraction of sp³-hybridized carbons (Fsp3) is 0.300. The van der Waals surface area contributed by atoms with Crippen molar-refractivity contribution in [2.24, 2.45) is 0 Å². The first-order valence-electron chi connectivity index (χ1n) is 8.65.